The van der Waals surface area contributed by atoms with Gasteiger partial charge in [-0.25, -0.2) is 0 Å². The van der Waals surface area contributed by atoms with Crippen molar-refractivity contribution >= 4 is 17.9 Å². The van der Waals surface area contributed by atoms with E-state index in [9.17, 15) is 19.5 Å². The zero-order chi connectivity index (χ0) is 50.6. The van der Waals surface area contributed by atoms with Crippen molar-refractivity contribution in [2.75, 3.05) is 41.0 Å². The van der Waals surface area contributed by atoms with Gasteiger partial charge in [-0.15, -0.1) is 0 Å². The van der Waals surface area contributed by atoms with Gasteiger partial charge in [0, 0.05) is 19.3 Å². The Labute approximate surface area is 424 Å². The molecule has 0 saturated carbocycles. The molecule has 0 fully saturated rings. The first-order valence-electron chi connectivity index (χ1n) is 28.1. The first-order chi connectivity index (χ1) is 33.6. The van der Waals surface area contributed by atoms with Crippen molar-refractivity contribution in [3.63, 3.8) is 0 Å². The number of aliphatic carboxylic acids is 1. The van der Waals surface area contributed by atoms with Crippen LogP contribution in [-0.2, 0) is 28.6 Å². The number of unbranched alkanes of at least 4 members (excludes halogenated alkanes) is 22. The minimum Gasteiger partial charge on any atom is -0.544 e. The average molecular weight is 965 g/mol. The maximum Gasteiger partial charge on any atom is 0.306 e. The molecule has 0 aliphatic carbocycles. The fourth-order valence-electron chi connectivity index (χ4n) is 7.95. The number of esters is 2. The van der Waals surface area contributed by atoms with Crippen molar-refractivity contribution < 1.29 is 38.2 Å². The molecule has 0 aromatic heterocycles. The van der Waals surface area contributed by atoms with Crippen LogP contribution in [0.3, 0.4) is 0 Å². The maximum absolute atomic E-state index is 12.8. The second kappa shape index (κ2) is 50.9. The fourth-order valence-corrected chi connectivity index (χ4v) is 7.95. The number of allylic oxidation sites excluding steroid dienone is 14. The van der Waals surface area contributed by atoms with E-state index in [2.05, 4.69) is 98.9 Å². The van der Waals surface area contributed by atoms with Crippen LogP contribution in [0, 0.1) is 0 Å². The van der Waals surface area contributed by atoms with Gasteiger partial charge in [-0.05, 0) is 89.9 Å². The van der Waals surface area contributed by atoms with E-state index in [1.54, 1.807) is 21.1 Å². The molecule has 69 heavy (non-hydrogen) atoms. The zero-order valence-electron chi connectivity index (χ0n) is 45.2. The zero-order valence-corrected chi connectivity index (χ0v) is 45.2. The number of nitrogens with zero attached hydrogens (tertiary/aromatic N) is 1. The maximum atomic E-state index is 12.8. The Morgan fingerprint density at radius 3 is 1.20 bits per heavy atom. The van der Waals surface area contributed by atoms with Gasteiger partial charge in [0.05, 0.1) is 40.3 Å². The lowest BCUT2D eigenvalue weighted by Gasteiger charge is -2.34. The summed E-state index contributed by atoms with van der Waals surface area (Å²) in [4.78, 5) is 37.1. The number of quaternary nitrogens is 1. The smallest absolute Gasteiger partial charge is 0.306 e. The third kappa shape index (κ3) is 49.3. The molecule has 8 heteroatoms. The number of hydrogen-bond donors (Lipinski definition) is 0. The van der Waals surface area contributed by atoms with Gasteiger partial charge in [-0.2, -0.15) is 0 Å². The van der Waals surface area contributed by atoms with Crippen molar-refractivity contribution in [1.82, 2.24) is 0 Å². The molecule has 8 nitrogen and oxygen atoms in total. The summed E-state index contributed by atoms with van der Waals surface area (Å²) in [6, 6.07) is -0.736. The minimum absolute atomic E-state index is 0.0279. The highest BCUT2D eigenvalue weighted by Crippen LogP contribution is 2.15. The van der Waals surface area contributed by atoms with Gasteiger partial charge in [0.25, 0.3) is 0 Å². The van der Waals surface area contributed by atoms with Crippen LogP contribution in [-0.4, -0.2) is 75.5 Å². The monoisotopic (exact) mass is 964 g/mol. The molecule has 2 atom stereocenters. The first-order valence-corrected chi connectivity index (χ1v) is 28.1. The number of carbonyl (C=O) groups is 3. The molecule has 0 radical (unpaired) electrons. The summed E-state index contributed by atoms with van der Waals surface area (Å²) in [5.41, 5.74) is 0. The molecule has 0 N–H and O–H groups in total. The second-order valence-electron chi connectivity index (χ2n) is 19.8. The van der Waals surface area contributed by atoms with Crippen molar-refractivity contribution in [1.29, 1.82) is 0 Å². The quantitative estimate of drug-likeness (QED) is 0.0259. The minimum atomic E-state index is -1.13. The lowest BCUT2D eigenvalue weighted by atomic mass is 10.1. The van der Waals surface area contributed by atoms with Crippen molar-refractivity contribution in [2.45, 2.75) is 244 Å². The lowest BCUT2D eigenvalue weighted by Crippen LogP contribution is -2.55. The highest BCUT2D eigenvalue weighted by molar-refractivity contribution is 5.70. The predicted octanol–water partition coefficient (Wildman–Crippen LogP) is 15.5. The van der Waals surface area contributed by atoms with Crippen LogP contribution in [0.2, 0.25) is 0 Å². The molecule has 0 aliphatic heterocycles. The summed E-state index contributed by atoms with van der Waals surface area (Å²) in [5.74, 6) is -1.76. The van der Waals surface area contributed by atoms with Crippen LogP contribution in [0.15, 0.2) is 85.1 Å². The van der Waals surface area contributed by atoms with E-state index in [-0.39, 0.29) is 42.7 Å². The molecular weight excluding hydrogens is 859 g/mol. The summed E-state index contributed by atoms with van der Waals surface area (Å²) >= 11 is 0. The number of rotatable bonds is 50. The van der Waals surface area contributed by atoms with Gasteiger partial charge in [-0.1, -0.05) is 208 Å². The molecule has 0 aromatic rings. The molecule has 0 spiro atoms. The number of carbonyl (C=O) groups excluding carboxylic acids is 3. The number of ether oxygens (including phenoxy) is 3. The van der Waals surface area contributed by atoms with Gasteiger partial charge in [0.1, 0.15) is 12.6 Å². The van der Waals surface area contributed by atoms with Crippen molar-refractivity contribution in [3.05, 3.63) is 85.1 Å². The number of hydrogen-bond acceptors (Lipinski definition) is 7. The summed E-state index contributed by atoms with van der Waals surface area (Å²) in [6.07, 6.45) is 67.6. The van der Waals surface area contributed by atoms with E-state index in [4.69, 9.17) is 14.2 Å². The van der Waals surface area contributed by atoms with E-state index in [1.807, 2.05) is 0 Å². The SMILES string of the molecule is CC/C=C/C/C=C/C/C=C/C/C=C/C/C=C/CCCCCCCCC(=O)OC(COCCC(C(=O)[O-])[N+](C)(C)C)COC(=O)CCCCCCCCC/C=C/C/C=C/CCCCCCCCCCC. The Balaban J connectivity index is 4.25. The Morgan fingerprint density at radius 2 is 0.812 bits per heavy atom. The van der Waals surface area contributed by atoms with Crippen LogP contribution >= 0.6 is 0 Å². The van der Waals surface area contributed by atoms with Gasteiger partial charge in [-0.3, -0.25) is 9.59 Å². The highest BCUT2D eigenvalue weighted by Gasteiger charge is 2.25. The van der Waals surface area contributed by atoms with E-state index in [0.717, 1.165) is 96.3 Å². The summed E-state index contributed by atoms with van der Waals surface area (Å²) in [5, 5.41) is 11.7. The van der Waals surface area contributed by atoms with E-state index in [0.29, 0.717) is 12.8 Å². The van der Waals surface area contributed by atoms with Crippen LogP contribution in [0.5, 0.6) is 0 Å². The van der Waals surface area contributed by atoms with Crippen LogP contribution in [0.1, 0.15) is 232 Å². The van der Waals surface area contributed by atoms with Gasteiger partial charge < -0.3 is 28.6 Å². The van der Waals surface area contributed by atoms with E-state index < -0.39 is 18.1 Å². The summed E-state index contributed by atoms with van der Waals surface area (Å²) < 4.78 is 17.3. The fraction of sp³-hybridized carbons (Fsp3) is 0.721. The standard InChI is InChI=1S/C61H105NO7/c1-6-8-10-12-14-16-18-20-22-24-26-28-30-32-33-35-37-39-41-43-45-47-49-51-59(63)68-56-57(55-67-54-53-58(61(65)66)62(3,4)5)69-60(64)52-50-48-46-44-42-40-38-36-34-31-29-27-25-23-21-19-17-15-13-11-9-7-2/h9,11,15,17,21,23,26-29,32-34,36,57-58H,6-8,10,12-14,16,18-20,22,24-25,30-31,35,37-56H2,1-5H3/b11-9+,17-15+,23-21+,28-26+,29-27+,33-32+,36-34+. The molecular formula is C61H105NO7. The lowest BCUT2D eigenvalue weighted by molar-refractivity contribution is -0.889. The summed E-state index contributed by atoms with van der Waals surface area (Å²) in [6.45, 7) is 4.54. The normalized spacial score (nSPS) is 13.5. The van der Waals surface area contributed by atoms with Crippen molar-refractivity contribution in [3.8, 4) is 0 Å². The molecule has 0 heterocycles. The Kier molecular flexibility index (Phi) is 48.3. The number of carboxylic acids is 1. The third-order valence-electron chi connectivity index (χ3n) is 12.3. The summed E-state index contributed by atoms with van der Waals surface area (Å²) in [7, 11) is 5.41. The molecule has 0 rings (SSSR count). The average Bonchev–Trinajstić information content (AvgIpc) is 3.31. The predicted molar refractivity (Wildman–Crippen MR) is 291 cm³/mol. The van der Waals surface area contributed by atoms with Crippen LogP contribution in [0.4, 0.5) is 0 Å². The Bertz CT molecular complexity index is 1400. The number of carboxylic acid groups (broad SMARTS) is 1. The molecule has 0 aromatic carbocycles. The molecule has 2 unspecified atom stereocenters. The number of likely N-dealkylation sites (N-methyl/N-ethyl adjacent to an activating group) is 1. The second-order valence-corrected chi connectivity index (χ2v) is 19.8. The van der Waals surface area contributed by atoms with Gasteiger partial charge in [0.15, 0.2) is 6.10 Å². The van der Waals surface area contributed by atoms with Crippen LogP contribution < -0.4 is 5.11 Å². The molecule has 0 amide bonds. The van der Waals surface area contributed by atoms with Crippen molar-refractivity contribution in [2.24, 2.45) is 0 Å². The topological polar surface area (TPSA) is 102 Å². The molecule has 0 saturated heterocycles. The largest absolute Gasteiger partial charge is 0.544 e. The molecule has 396 valence electrons. The van der Waals surface area contributed by atoms with Crippen LogP contribution in [0.25, 0.3) is 0 Å². The highest BCUT2D eigenvalue weighted by atomic mass is 16.6. The van der Waals surface area contributed by atoms with E-state index >= 15 is 0 Å². The van der Waals surface area contributed by atoms with Gasteiger partial charge >= 0.3 is 11.9 Å². The molecule has 0 bridgehead atoms. The third-order valence-corrected chi connectivity index (χ3v) is 12.3. The van der Waals surface area contributed by atoms with Gasteiger partial charge in [0.2, 0.25) is 0 Å². The van der Waals surface area contributed by atoms with E-state index in [1.165, 1.54) is 103 Å². The first kappa shape index (κ1) is 65.5. The molecule has 0 aliphatic rings. The Morgan fingerprint density at radius 1 is 0.449 bits per heavy atom. The Hall–Kier alpha value is -3.49.